The molecule has 0 saturated carbocycles. The molecular formula is C12H14ClNO2. The lowest BCUT2D eigenvalue weighted by Gasteiger charge is -2.21. The Morgan fingerprint density at radius 2 is 2.31 bits per heavy atom. The van der Waals surface area contributed by atoms with E-state index in [9.17, 15) is 4.79 Å². The van der Waals surface area contributed by atoms with Gasteiger partial charge in [0.1, 0.15) is 0 Å². The smallest absolute Gasteiger partial charge is 0.170 e. The molecule has 0 aromatic heterocycles. The van der Waals surface area contributed by atoms with E-state index in [1.165, 1.54) is 0 Å². The number of Topliss-reactive ketones (excluding diaryl/α,β-unsaturated/α-hetero) is 1. The van der Waals surface area contributed by atoms with Crippen molar-refractivity contribution in [2.45, 2.75) is 12.8 Å². The van der Waals surface area contributed by atoms with Gasteiger partial charge < -0.3 is 10.5 Å². The second kappa shape index (κ2) is 4.85. The van der Waals surface area contributed by atoms with Crippen molar-refractivity contribution in [3.05, 3.63) is 28.8 Å². The van der Waals surface area contributed by atoms with Crippen molar-refractivity contribution in [1.82, 2.24) is 0 Å². The van der Waals surface area contributed by atoms with Crippen LogP contribution in [0.4, 0.5) is 5.69 Å². The van der Waals surface area contributed by atoms with Crippen LogP contribution in [0.5, 0.6) is 0 Å². The van der Waals surface area contributed by atoms with Gasteiger partial charge in [-0.25, -0.2) is 0 Å². The summed E-state index contributed by atoms with van der Waals surface area (Å²) in [5, 5.41) is 0.536. The number of carbonyl (C=O) groups excluding carboxylic acids is 1. The molecule has 1 unspecified atom stereocenters. The van der Waals surface area contributed by atoms with Gasteiger partial charge in [-0.3, -0.25) is 4.79 Å². The zero-order valence-electron chi connectivity index (χ0n) is 8.91. The highest BCUT2D eigenvalue weighted by atomic mass is 35.5. The summed E-state index contributed by atoms with van der Waals surface area (Å²) < 4.78 is 5.30. The third-order valence-corrected chi connectivity index (χ3v) is 3.05. The minimum Gasteiger partial charge on any atom is -0.398 e. The summed E-state index contributed by atoms with van der Waals surface area (Å²) >= 11 is 5.86. The van der Waals surface area contributed by atoms with E-state index in [0.29, 0.717) is 22.9 Å². The van der Waals surface area contributed by atoms with Crippen LogP contribution >= 0.6 is 11.6 Å². The van der Waals surface area contributed by atoms with Crippen molar-refractivity contribution in [1.29, 1.82) is 0 Å². The number of nitrogen functional groups attached to an aromatic ring is 1. The molecule has 1 saturated heterocycles. The topological polar surface area (TPSA) is 52.3 Å². The fourth-order valence-corrected chi connectivity index (χ4v) is 2.08. The Morgan fingerprint density at radius 3 is 3.00 bits per heavy atom. The highest BCUT2D eigenvalue weighted by Gasteiger charge is 2.24. The van der Waals surface area contributed by atoms with Gasteiger partial charge >= 0.3 is 0 Å². The maximum absolute atomic E-state index is 12.2. The van der Waals surface area contributed by atoms with Crippen LogP contribution in [0, 0.1) is 5.92 Å². The Labute approximate surface area is 99.5 Å². The second-order valence-electron chi connectivity index (χ2n) is 4.01. The minimum atomic E-state index is -0.0745. The van der Waals surface area contributed by atoms with Gasteiger partial charge in [-0.2, -0.15) is 0 Å². The van der Waals surface area contributed by atoms with Crippen LogP contribution in [-0.2, 0) is 4.74 Å². The van der Waals surface area contributed by atoms with Gasteiger partial charge in [0.15, 0.2) is 5.78 Å². The molecule has 0 radical (unpaired) electrons. The SMILES string of the molecule is Nc1ccc(Cl)cc1C(=O)C1CCCOC1. The zero-order chi connectivity index (χ0) is 11.5. The fourth-order valence-electron chi connectivity index (χ4n) is 1.91. The lowest BCUT2D eigenvalue weighted by atomic mass is 9.92. The molecule has 1 aromatic rings. The molecule has 0 bridgehead atoms. The van der Waals surface area contributed by atoms with E-state index in [0.717, 1.165) is 19.4 Å². The van der Waals surface area contributed by atoms with Crippen LogP contribution in [-0.4, -0.2) is 19.0 Å². The predicted octanol–water partition coefficient (Wildman–Crippen LogP) is 2.53. The number of ketones is 1. The van der Waals surface area contributed by atoms with E-state index in [1.54, 1.807) is 18.2 Å². The van der Waals surface area contributed by atoms with Gasteiger partial charge in [0.25, 0.3) is 0 Å². The van der Waals surface area contributed by atoms with Gasteiger partial charge in [-0.1, -0.05) is 11.6 Å². The van der Waals surface area contributed by atoms with Crippen molar-refractivity contribution in [2.75, 3.05) is 18.9 Å². The van der Waals surface area contributed by atoms with Gasteiger partial charge in [0.2, 0.25) is 0 Å². The molecule has 4 heteroatoms. The lowest BCUT2D eigenvalue weighted by Crippen LogP contribution is -2.25. The molecule has 16 heavy (non-hydrogen) atoms. The Morgan fingerprint density at radius 1 is 1.50 bits per heavy atom. The summed E-state index contributed by atoms with van der Waals surface area (Å²) in [5.41, 5.74) is 6.78. The first-order valence-electron chi connectivity index (χ1n) is 5.35. The quantitative estimate of drug-likeness (QED) is 0.637. The van der Waals surface area contributed by atoms with E-state index in [1.807, 2.05) is 0 Å². The number of hydrogen-bond acceptors (Lipinski definition) is 3. The van der Waals surface area contributed by atoms with Crippen LogP contribution in [0.25, 0.3) is 0 Å². The van der Waals surface area contributed by atoms with Crippen molar-refractivity contribution in [3.63, 3.8) is 0 Å². The van der Waals surface area contributed by atoms with Crippen LogP contribution < -0.4 is 5.73 Å². The molecule has 0 spiro atoms. The van der Waals surface area contributed by atoms with Crippen LogP contribution in [0.15, 0.2) is 18.2 Å². The van der Waals surface area contributed by atoms with E-state index < -0.39 is 0 Å². The van der Waals surface area contributed by atoms with Crippen LogP contribution in [0.2, 0.25) is 5.02 Å². The van der Waals surface area contributed by atoms with Gasteiger partial charge in [0, 0.05) is 28.8 Å². The summed E-state index contributed by atoms with van der Waals surface area (Å²) in [7, 11) is 0. The molecule has 0 amide bonds. The van der Waals surface area contributed by atoms with Crippen LogP contribution in [0.3, 0.4) is 0 Å². The molecule has 1 aliphatic heterocycles. The van der Waals surface area contributed by atoms with Crippen molar-refractivity contribution >= 4 is 23.1 Å². The van der Waals surface area contributed by atoms with E-state index >= 15 is 0 Å². The standard InChI is InChI=1S/C12H14ClNO2/c13-9-3-4-11(14)10(6-9)12(15)8-2-1-5-16-7-8/h3-4,6,8H,1-2,5,7,14H2. The van der Waals surface area contributed by atoms with Crippen LogP contribution in [0.1, 0.15) is 23.2 Å². The summed E-state index contributed by atoms with van der Waals surface area (Å²) in [5.74, 6) is -0.0331. The summed E-state index contributed by atoms with van der Waals surface area (Å²) in [6.07, 6.45) is 1.79. The number of rotatable bonds is 2. The monoisotopic (exact) mass is 239 g/mol. The minimum absolute atomic E-state index is 0.0414. The molecule has 86 valence electrons. The van der Waals surface area contributed by atoms with Crippen molar-refractivity contribution in [2.24, 2.45) is 5.92 Å². The number of hydrogen-bond donors (Lipinski definition) is 1. The summed E-state index contributed by atoms with van der Waals surface area (Å²) in [4.78, 5) is 12.2. The molecule has 3 nitrogen and oxygen atoms in total. The average Bonchev–Trinajstić information content (AvgIpc) is 2.32. The Kier molecular flexibility index (Phi) is 3.46. The normalized spacial score (nSPS) is 20.7. The van der Waals surface area contributed by atoms with Crippen molar-refractivity contribution < 1.29 is 9.53 Å². The number of anilines is 1. The second-order valence-corrected chi connectivity index (χ2v) is 4.45. The number of carbonyl (C=O) groups is 1. The first-order chi connectivity index (χ1) is 7.68. The number of nitrogens with two attached hydrogens (primary N) is 1. The highest BCUT2D eigenvalue weighted by molar-refractivity contribution is 6.31. The maximum atomic E-state index is 12.2. The largest absolute Gasteiger partial charge is 0.398 e. The van der Waals surface area contributed by atoms with E-state index in [-0.39, 0.29) is 11.7 Å². The molecule has 0 aliphatic carbocycles. The van der Waals surface area contributed by atoms with Crippen molar-refractivity contribution in [3.8, 4) is 0 Å². The van der Waals surface area contributed by atoms with E-state index in [2.05, 4.69) is 0 Å². The molecule has 1 fully saturated rings. The third-order valence-electron chi connectivity index (χ3n) is 2.81. The Bertz CT molecular complexity index is 400. The molecular weight excluding hydrogens is 226 g/mol. The summed E-state index contributed by atoms with van der Waals surface area (Å²) in [6.45, 7) is 1.24. The average molecular weight is 240 g/mol. The molecule has 1 atom stereocenters. The number of halogens is 1. The Hall–Kier alpha value is -1.06. The van der Waals surface area contributed by atoms with E-state index in [4.69, 9.17) is 22.1 Å². The predicted molar refractivity (Wildman–Crippen MR) is 63.7 cm³/mol. The molecule has 1 aliphatic rings. The first-order valence-corrected chi connectivity index (χ1v) is 5.73. The molecule has 1 aromatic carbocycles. The van der Waals surface area contributed by atoms with Gasteiger partial charge in [0.05, 0.1) is 6.61 Å². The number of ether oxygens (including phenoxy) is 1. The Balaban J connectivity index is 2.22. The maximum Gasteiger partial charge on any atom is 0.170 e. The first kappa shape index (κ1) is 11.4. The molecule has 1 heterocycles. The molecule has 2 N–H and O–H groups in total. The lowest BCUT2D eigenvalue weighted by molar-refractivity contribution is 0.0462. The molecule has 2 rings (SSSR count). The third kappa shape index (κ3) is 2.36. The fraction of sp³-hybridized carbons (Fsp3) is 0.417. The van der Waals surface area contributed by atoms with Gasteiger partial charge in [-0.15, -0.1) is 0 Å². The highest BCUT2D eigenvalue weighted by Crippen LogP contribution is 2.24. The van der Waals surface area contributed by atoms with Gasteiger partial charge in [-0.05, 0) is 31.0 Å². The number of benzene rings is 1. The summed E-state index contributed by atoms with van der Waals surface area (Å²) in [6, 6.07) is 4.98. The zero-order valence-corrected chi connectivity index (χ0v) is 9.67.